The Bertz CT molecular complexity index is 435. The fourth-order valence-electron chi connectivity index (χ4n) is 1.35. The number of carbonyl (C=O) groups excluding carboxylic acids is 1. The van der Waals surface area contributed by atoms with Crippen LogP contribution < -0.4 is 5.32 Å². The first-order chi connectivity index (χ1) is 8.06. The average Bonchev–Trinajstić information content (AvgIpc) is 2.28. The van der Waals surface area contributed by atoms with Crippen LogP contribution in [0.5, 0.6) is 0 Å². The fourth-order valence-corrected chi connectivity index (χ4v) is 1.74. The third-order valence-corrected chi connectivity index (χ3v) is 2.95. The Balaban J connectivity index is 2.90. The average molecular weight is 348 g/mol. The molecule has 0 bridgehead atoms. The maximum atomic E-state index is 11.8. The van der Waals surface area contributed by atoms with Gasteiger partial charge in [-0.3, -0.25) is 14.9 Å². The highest BCUT2D eigenvalue weighted by Crippen LogP contribution is 2.19. The van der Waals surface area contributed by atoms with Gasteiger partial charge in [-0.15, -0.1) is 0 Å². The van der Waals surface area contributed by atoms with E-state index in [2.05, 4.69) is 27.9 Å². The summed E-state index contributed by atoms with van der Waals surface area (Å²) in [6, 6.07) is 4.53. The van der Waals surface area contributed by atoms with Crippen LogP contribution in [0.3, 0.4) is 0 Å². The highest BCUT2D eigenvalue weighted by atomic mass is 127. The van der Waals surface area contributed by atoms with E-state index in [0.29, 0.717) is 6.54 Å². The second kappa shape index (κ2) is 6.53. The number of nitro groups is 1. The lowest BCUT2D eigenvalue weighted by molar-refractivity contribution is -0.385. The highest BCUT2D eigenvalue weighted by Gasteiger charge is 2.19. The summed E-state index contributed by atoms with van der Waals surface area (Å²) < 4.78 is 0.938. The zero-order valence-electron chi connectivity index (χ0n) is 9.40. The van der Waals surface area contributed by atoms with Crippen molar-refractivity contribution in [3.63, 3.8) is 0 Å². The number of nitrogens with zero attached hydrogens (tertiary/aromatic N) is 1. The van der Waals surface area contributed by atoms with E-state index >= 15 is 0 Å². The van der Waals surface area contributed by atoms with Crippen molar-refractivity contribution in [3.8, 4) is 0 Å². The van der Waals surface area contributed by atoms with Crippen LogP contribution in [0, 0.1) is 17.0 Å². The maximum absolute atomic E-state index is 11.8. The molecule has 5 nitrogen and oxygen atoms in total. The van der Waals surface area contributed by atoms with Gasteiger partial charge in [-0.05, 0) is 25.0 Å². The Hall–Kier alpha value is -1.18. The number of carbonyl (C=O) groups is 1. The molecule has 92 valence electrons. The van der Waals surface area contributed by atoms with Gasteiger partial charge in [0, 0.05) is 17.0 Å². The molecule has 17 heavy (non-hydrogen) atoms. The van der Waals surface area contributed by atoms with E-state index in [-0.39, 0.29) is 17.2 Å². The molecular weight excluding hydrogens is 335 g/mol. The summed E-state index contributed by atoms with van der Waals surface area (Å²) in [4.78, 5) is 22.0. The number of benzene rings is 1. The zero-order chi connectivity index (χ0) is 12.8. The van der Waals surface area contributed by atoms with Gasteiger partial charge < -0.3 is 5.32 Å². The van der Waals surface area contributed by atoms with E-state index in [1.165, 1.54) is 12.1 Å². The van der Waals surface area contributed by atoms with Crippen molar-refractivity contribution in [2.24, 2.45) is 0 Å². The Morgan fingerprint density at radius 1 is 1.53 bits per heavy atom. The summed E-state index contributed by atoms with van der Waals surface area (Å²) in [5.74, 6) is -0.384. The third kappa shape index (κ3) is 3.95. The van der Waals surface area contributed by atoms with Crippen molar-refractivity contribution in [1.82, 2.24) is 5.32 Å². The molecule has 0 heterocycles. The molecule has 0 unspecified atom stereocenters. The van der Waals surface area contributed by atoms with Gasteiger partial charge in [-0.25, -0.2) is 0 Å². The van der Waals surface area contributed by atoms with Gasteiger partial charge in [0.25, 0.3) is 11.6 Å². The van der Waals surface area contributed by atoms with Gasteiger partial charge in [0.15, 0.2) is 0 Å². The summed E-state index contributed by atoms with van der Waals surface area (Å²) in [7, 11) is 0. The summed E-state index contributed by atoms with van der Waals surface area (Å²) >= 11 is 2.21. The molecule has 1 aromatic rings. The first kappa shape index (κ1) is 13.9. The minimum atomic E-state index is -0.535. The summed E-state index contributed by atoms with van der Waals surface area (Å²) in [6.07, 6.45) is 0.853. The van der Waals surface area contributed by atoms with Crippen LogP contribution in [0.2, 0.25) is 0 Å². The monoisotopic (exact) mass is 348 g/mol. The van der Waals surface area contributed by atoms with E-state index < -0.39 is 4.92 Å². The summed E-state index contributed by atoms with van der Waals surface area (Å²) in [5.41, 5.74) is 0.806. The van der Waals surface area contributed by atoms with Gasteiger partial charge in [-0.1, -0.05) is 28.7 Å². The van der Waals surface area contributed by atoms with Crippen molar-refractivity contribution in [1.29, 1.82) is 0 Å². The van der Waals surface area contributed by atoms with Gasteiger partial charge in [-0.2, -0.15) is 0 Å². The summed E-state index contributed by atoms with van der Waals surface area (Å²) in [5, 5.41) is 13.5. The second-order valence-electron chi connectivity index (χ2n) is 3.58. The smallest absolute Gasteiger partial charge is 0.282 e. The molecule has 1 amide bonds. The van der Waals surface area contributed by atoms with Crippen LogP contribution in [0.25, 0.3) is 0 Å². The molecule has 0 radical (unpaired) electrons. The van der Waals surface area contributed by atoms with E-state index in [1.807, 2.05) is 0 Å². The van der Waals surface area contributed by atoms with E-state index in [9.17, 15) is 14.9 Å². The Morgan fingerprint density at radius 2 is 2.24 bits per heavy atom. The lowest BCUT2D eigenvalue weighted by atomic mass is 10.1. The molecule has 0 aliphatic carbocycles. The molecule has 0 saturated carbocycles. The predicted octanol–water partition coefficient (Wildman–Crippen LogP) is 2.46. The van der Waals surface area contributed by atoms with Crippen molar-refractivity contribution >= 4 is 34.2 Å². The number of nitro benzene ring substituents is 1. The van der Waals surface area contributed by atoms with Crippen LogP contribution in [0.4, 0.5) is 5.69 Å². The predicted molar refractivity (Wildman–Crippen MR) is 73.7 cm³/mol. The van der Waals surface area contributed by atoms with E-state index in [0.717, 1.165) is 16.4 Å². The molecule has 0 aliphatic rings. The number of rotatable bonds is 5. The molecule has 1 aromatic carbocycles. The van der Waals surface area contributed by atoms with Crippen molar-refractivity contribution < 1.29 is 9.72 Å². The highest BCUT2D eigenvalue weighted by molar-refractivity contribution is 14.1. The standard InChI is InChI=1S/C11H13IN2O3/c1-8-3-4-10(14(16)17)9(7-8)11(15)13-6-2-5-12/h3-4,7H,2,5-6H2,1H3,(H,13,15). The van der Waals surface area contributed by atoms with E-state index in [4.69, 9.17) is 0 Å². The van der Waals surface area contributed by atoms with Gasteiger partial charge >= 0.3 is 0 Å². The first-order valence-electron chi connectivity index (χ1n) is 5.15. The third-order valence-electron chi connectivity index (χ3n) is 2.19. The van der Waals surface area contributed by atoms with E-state index in [1.54, 1.807) is 13.0 Å². The number of aryl methyl sites for hydroxylation is 1. The van der Waals surface area contributed by atoms with Crippen molar-refractivity contribution in [2.75, 3.05) is 11.0 Å². The lowest BCUT2D eigenvalue weighted by Gasteiger charge is -2.05. The Kier molecular flexibility index (Phi) is 5.33. The Labute approximate surface area is 113 Å². The number of amides is 1. The molecule has 0 aromatic heterocycles. The second-order valence-corrected chi connectivity index (χ2v) is 4.65. The van der Waals surface area contributed by atoms with Crippen LogP contribution in [0.1, 0.15) is 22.3 Å². The fraction of sp³-hybridized carbons (Fsp3) is 0.364. The molecule has 0 saturated heterocycles. The number of hydrogen-bond acceptors (Lipinski definition) is 3. The summed E-state index contributed by atoms with van der Waals surface area (Å²) in [6.45, 7) is 2.33. The van der Waals surface area contributed by atoms with Crippen LogP contribution in [-0.2, 0) is 0 Å². The minimum absolute atomic E-state index is 0.128. The van der Waals surface area contributed by atoms with Gasteiger partial charge in [0.1, 0.15) is 5.56 Å². The zero-order valence-corrected chi connectivity index (χ0v) is 11.6. The molecular formula is C11H13IN2O3. The number of alkyl halides is 1. The molecule has 0 aliphatic heterocycles. The van der Waals surface area contributed by atoms with Crippen molar-refractivity contribution in [2.45, 2.75) is 13.3 Å². The first-order valence-corrected chi connectivity index (χ1v) is 6.68. The quantitative estimate of drug-likeness (QED) is 0.292. The molecule has 0 fully saturated rings. The van der Waals surface area contributed by atoms with Crippen molar-refractivity contribution in [3.05, 3.63) is 39.4 Å². The maximum Gasteiger partial charge on any atom is 0.282 e. The van der Waals surface area contributed by atoms with Gasteiger partial charge in [0.05, 0.1) is 4.92 Å². The number of nitrogens with one attached hydrogen (secondary N) is 1. The molecule has 1 rings (SSSR count). The van der Waals surface area contributed by atoms with Crippen LogP contribution >= 0.6 is 22.6 Å². The number of halogens is 1. The largest absolute Gasteiger partial charge is 0.352 e. The topological polar surface area (TPSA) is 72.2 Å². The Morgan fingerprint density at radius 3 is 2.82 bits per heavy atom. The molecule has 0 atom stereocenters. The lowest BCUT2D eigenvalue weighted by Crippen LogP contribution is -2.25. The molecule has 1 N–H and O–H groups in total. The molecule has 0 spiro atoms. The normalized spacial score (nSPS) is 10.0. The van der Waals surface area contributed by atoms with Gasteiger partial charge in [0.2, 0.25) is 0 Å². The minimum Gasteiger partial charge on any atom is -0.352 e. The number of hydrogen-bond donors (Lipinski definition) is 1. The SMILES string of the molecule is Cc1ccc([N+](=O)[O-])c(C(=O)NCCCI)c1. The van der Waals surface area contributed by atoms with Crippen LogP contribution in [-0.4, -0.2) is 21.8 Å². The molecule has 6 heteroatoms. The van der Waals surface area contributed by atoms with Crippen LogP contribution in [0.15, 0.2) is 18.2 Å².